The van der Waals surface area contributed by atoms with Crippen molar-refractivity contribution in [2.24, 2.45) is 0 Å². The predicted molar refractivity (Wildman–Crippen MR) is 113 cm³/mol. The number of nitrogens with zero attached hydrogens (tertiary/aromatic N) is 4. The Hall–Kier alpha value is -3.80. The highest BCUT2D eigenvalue weighted by molar-refractivity contribution is 5.99. The van der Waals surface area contributed by atoms with E-state index in [1.54, 1.807) is 4.40 Å². The van der Waals surface area contributed by atoms with Crippen molar-refractivity contribution in [3.63, 3.8) is 0 Å². The van der Waals surface area contributed by atoms with Gasteiger partial charge in [-0.15, -0.1) is 0 Å². The summed E-state index contributed by atoms with van der Waals surface area (Å²) in [5.41, 5.74) is 5.64. The SMILES string of the molecule is Nc1nc2cc(F)c(C(=O)N3CCO[C@@H]4Cc5cc(C(F)(F)F)cc(F)c5[C@@H]43)cc2n2cncc12. The van der Waals surface area contributed by atoms with E-state index in [0.29, 0.717) is 17.1 Å². The number of imidazole rings is 1. The van der Waals surface area contributed by atoms with E-state index < -0.39 is 41.4 Å². The van der Waals surface area contributed by atoms with E-state index >= 15 is 4.39 Å². The summed E-state index contributed by atoms with van der Waals surface area (Å²) >= 11 is 0. The molecule has 6 rings (SSSR count). The molecule has 180 valence electrons. The highest BCUT2D eigenvalue weighted by Crippen LogP contribution is 2.44. The number of hydrogen-bond acceptors (Lipinski definition) is 5. The van der Waals surface area contributed by atoms with Gasteiger partial charge in [-0.05, 0) is 23.8 Å². The summed E-state index contributed by atoms with van der Waals surface area (Å²) in [6.45, 7) is 0.0888. The van der Waals surface area contributed by atoms with Crippen LogP contribution in [0.3, 0.4) is 0 Å². The number of amides is 1. The van der Waals surface area contributed by atoms with Crippen molar-refractivity contribution in [1.82, 2.24) is 19.3 Å². The van der Waals surface area contributed by atoms with Crippen LogP contribution in [0.5, 0.6) is 0 Å². The number of carbonyl (C=O) groups is 1. The van der Waals surface area contributed by atoms with Crippen LogP contribution in [-0.2, 0) is 17.3 Å². The monoisotopic (exact) mass is 489 g/mol. The van der Waals surface area contributed by atoms with Gasteiger partial charge in [-0.25, -0.2) is 18.7 Å². The zero-order valence-electron chi connectivity index (χ0n) is 17.8. The molecule has 2 N–H and O–H groups in total. The van der Waals surface area contributed by atoms with E-state index in [9.17, 15) is 22.4 Å². The highest BCUT2D eigenvalue weighted by Gasteiger charge is 2.46. The molecule has 3 heterocycles. The second-order valence-electron chi connectivity index (χ2n) is 8.55. The number of anilines is 1. The quantitative estimate of drug-likeness (QED) is 0.410. The molecule has 1 aliphatic heterocycles. The van der Waals surface area contributed by atoms with E-state index in [1.165, 1.54) is 23.5 Å². The Morgan fingerprint density at radius 3 is 2.69 bits per heavy atom. The maximum Gasteiger partial charge on any atom is 0.416 e. The van der Waals surface area contributed by atoms with Crippen LogP contribution in [0.4, 0.5) is 27.8 Å². The standard InChI is InChI=1S/C23H16F5N5O2/c24-13-7-15-16(33-9-30-8-17(33)21(29)31-15)6-12(13)22(34)32-1-2-35-18-4-10-3-11(23(26,27)28)5-14(25)19(10)20(18)32/h3,5-9,18,20H,1-2,4H2,(H2,29,31)/t18-,20-/m1/s1. The Morgan fingerprint density at radius 1 is 1.11 bits per heavy atom. The van der Waals surface area contributed by atoms with Crippen LogP contribution in [0, 0.1) is 11.6 Å². The molecule has 0 saturated carbocycles. The first kappa shape index (κ1) is 21.7. The first-order chi connectivity index (χ1) is 16.6. The number of rotatable bonds is 1. The Bertz CT molecular complexity index is 1530. The molecule has 2 aromatic heterocycles. The summed E-state index contributed by atoms with van der Waals surface area (Å²) in [5.74, 6) is -2.53. The van der Waals surface area contributed by atoms with Gasteiger partial charge in [-0.3, -0.25) is 9.20 Å². The minimum atomic E-state index is -4.72. The third-order valence-corrected chi connectivity index (χ3v) is 6.57. The Morgan fingerprint density at radius 2 is 1.91 bits per heavy atom. The van der Waals surface area contributed by atoms with Crippen LogP contribution < -0.4 is 5.73 Å². The van der Waals surface area contributed by atoms with Crippen molar-refractivity contribution >= 4 is 28.3 Å². The number of nitrogens with two attached hydrogens (primary N) is 1. The van der Waals surface area contributed by atoms with Crippen LogP contribution >= 0.6 is 0 Å². The Balaban J connectivity index is 1.45. The number of benzene rings is 2. The van der Waals surface area contributed by atoms with E-state index in [0.717, 1.165) is 12.1 Å². The molecule has 7 nitrogen and oxygen atoms in total. The summed E-state index contributed by atoms with van der Waals surface area (Å²) in [6.07, 6.45) is -2.53. The van der Waals surface area contributed by atoms with Gasteiger partial charge in [0, 0.05) is 24.6 Å². The maximum atomic E-state index is 15.1. The normalized spacial score (nSPS) is 19.9. The summed E-state index contributed by atoms with van der Waals surface area (Å²) in [5, 5.41) is 0. The number of hydrogen-bond donors (Lipinski definition) is 1. The molecule has 0 spiro atoms. The van der Waals surface area contributed by atoms with Crippen LogP contribution in [0.25, 0.3) is 16.6 Å². The zero-order chi connectivity index (χ0) is 24.6. The van der Waals surface area contributed by atoms with Gasteiger partial charge in [-0.2, -0.15) is 13.2 Å². The number of carbonyl (C=O) groups excluding carboxylic acids is 1. The minimum absolute atomic E-state index is 0.00365. The van der Waals surface area contributed by atoms with E-state index in [2.05, 4.69) is 9.97 Å². The molecular formula is C23H16F5N5O2. The fraction of sp³-hybridized carbons (Fsp3) is 0.261. The maximum absolute atomic E-state index is 15.1. The van der Waals surface area contributed by atoms with E-state index in [1.807, 2.05) is 0 Å². The lowest BCUT2D eigenvalue weighted by molar-refractivity contribution is -0.137. The number of halogens is 5. The van der Waals surface area contributed by atoms with Crippen molar-refractivity contribution in [2.75, 3.05) is 18.9 Å². The van der Waals surface area contributed by atoms with Gasteiger partial charge in [0.05, 0.1) is 53.4 Å². The number of ether oxygens (including phenoxy) is 1. The molecule has 35 heavy (non-hydrogen) atoms. The lowest BCUT2D eigenvalue weighted by Crippen LogP contribution is -2.47. The molecule has 2 atom stereocenters. The van der Waals surface area contributed by atoms with Crippen LogP contribution in [0.1, 0.15) is 33.1 Å². The minimum Gasteiger partial charge on any atom is -0.382 e. The highest BCUT2D eigenvalue weighted by atomic mass is 19.4. The zero-order valence-corrected chi connectivity index (χ0v) is 17.8. The van der Waals surface area contributed by atoms with Crippen molar-refractivity contribution in [1.29, 1.82) is 0 Å². The summed E-state index contributed by atoms with van der Waals surface area (Å²) in [7, 11) is 0. The van der Waals surface area contributed by atoms with Crippen molar-refractivity contribution in [3.8, 4) is 0 Å². The summed E-state index contributed by atoms with van der Waals surface area (Å²) in [4.78, 5) is 23.0. The summed E-state index contributed by atoms with van der Waals surface area (Å²) in [6, 6.07) is 2.71. The first-order valence-electron chi connectivity index (χ1n) is 10.7. The van der Waals surface area contributed by atoms with Gasteiger partial charge < -0.3 is 15.4 Å². The molecule has 1 aliphatic carbocycles. The van der Waals surface area contributed by atoms with E-state index in [4.69, 9.17) is 10.5 Å². The summed E-state index contributed by atoms with van der Waals surface area (Å²) < 4.78 is 76.9. The molecule has 0 radical (unpaired) electrons. The third kappa shape index (κ3) is 3.23. The molecule has 2 aromatic carbocycles. The number of alkyl halides is 3. The van der Waals surface area contributed by atoms with Crippen molar-refractivity contribution < 1.29 is 31.5 Å². The molecule has 1 saturated heterocycles. The third-order valence-electron chi connectivity index (χ3n) is 6.57. The van der Waals surface area contributed by atoms with Crippen LogP contribution in [-0.4, -0.2) is 44.4 Å². The van der Waals surface area contributed by atoms with Gasteiger partial charge >= 0.3 is 6.18 Å². The van der Waals surface area contributed by atoms with Gasteiger partial charge in [0.1, 0.15) is 23.0 Å². The van der Waals surface area contributed by atoms with Gasteiger partial charge in [-0.1, -0.05) is 0 Å². The fourth-order valence-electron chi connectivity index (χ4n) is 5.04. The lowest BCUT2D eigenvalue weighted by atomic mass is 10.0. The molecule has 12 heteroatoms. The van der Waals surface area contributed by atoms with Crippen molar-refractivity contribution in [3.05, 3.63) is 70.7 Å². The number of nitrogen functional groups attached to an aromatic ring is 1. The van der Waals surface area contributed by atoms with Crippen LogP contribution in [0.15, 0.2) is 36.8 Å². The second kappa shape index (κ2) is 7.35. The Kier molecular flexibility index (Phi) is 4.56. The van der Waals surface area contributed by atoms with Gasteiger partial charge in [0.2, 0.25) is 0 Å². The largest absolute Gasteiger partial charge is 0.416 e. The second-order valence-corrected chi connectivity index (χ2v) is 8.55. The molecule has 2 aliphatic rings. The number of fused-ring (bicyclic) bond motifs is 6. The molecule has 0 bridgehead atoms. The molecule has 4 aromatic rings. The number of morpholine rings is 1. The predicted octanol–water partition coefficient (Wildman–Crippen LogP) is 3.90. The molecule has 1 fully saturated rings. The molecular weight excluding hydrogens is 473 g/mol. The first-order valence-corrected chi connectivity index (χ1v) is 10.7. The van der Waals surface area contributed by atoms with Gasteiger partial charge in [0.15, 0.2) is 0 Å². The van der Waals surface area contributed by atoms with Crippen LogP contribution in [0.2, 0.25) is 0 Å². The van der Waals surface area contributed by atoms with E-state index in [-0.39, 0.29) is 47.6 Å². The smallest absolute Gasteiger partial charge is 0.382 e. The lowest BCUT2D eigenvalue weighted by Gasteiger charge is -2.38. The average Bonchev–Trinajstić information content (AvgIpc) is 3.43. The van der Waals surface area contributed by atoms with Gasteiger partial charge in [0.25, 0.3) is 5.91 Å². The average molecular weight is 489 g/mol. The number of aromatic nitrogens is 3. The molecule has 1 amide bonds. The molecule has 0 unspecified atom stereocenters. The topological polar surface area (TPSA) is 85.8 Å². The Labute approximate surface area is 193 Å². The van der Waals surface area contributed by atoms with Crippen molar-refractivity contribution in [2.45, 2.75) is 24.7 Å². The fourth-order valence-corrected chi connectivity index (χ4v) is 5.04.